The number of aryl methyl sites for hydroxylation is 1. The molecule has 2 rings (SSSR count). The number of ether oxygens (including phenoxy) is 1. The molecule has 1 aromatic carbocycles. The van der Waals surface area contributed by atoms with Crippen molar-refractivity contribution in [3.8, 4) is 5.75 Å². The predicted molar refractivity (Wildman–Crippen MR) is 79.8 cm³/mol. The summed E-state index contributed by atoms with van der Waals surface area (Å²) in [6.07, 6.45) is 1.37. The van der Waals surface area contributed by atoms with Crippen molar-refractivity contribution >= 4 is 11.9 Å². The summed E-state index contributed by atoms with van der Waals surface area (Å²) in [7, 11) is 0. The molecule has 6 heteroatoms. The van der Waals surface area contributed by atoms with Crippen molar-refractivity contribution in [2.24, 2.45) is 11.8 Å². The Balaban J connectivity index is 1.99. The van der Waals surface area contributed by atoms with Gasteiger partial charge in [-0.2, -0.15) is 0 Å². The zero-order valence-electron chi connectivity index (χ0n) is 12.5. The lowest BCUT2D eigenvalue weighted by Crippen LogP contribution is -2.39. The van der Waals surface area contributed by atoms with Gasteiger partial charge in [-0.05, 0) is 43.4 Å². The zero-order chi connectivity index (χ0) is 16.1. The lowest BCUT2D eigenvalue weighted by atomic mass is 9.86. The Hall–Kier alpha value is -2.08. The number of aromatic hydroxyl groups is 1. The van der Waals surface area contributed by atoms with Crippen molar-refractivity contribution in [3.63, 3.8) is 0 Å². The normalized spacial score (nSPS) is 17.0. The summed E-state index contributed by atoms with van der Waals surface area (Å²) in [4.78, 5) is 23.5. The monoisotopic (exact) mass is 307 g/mol. The van der Waals surface area contributed by atoms with Crippen LogP contribution in [0, 0.1) is 18.8 Å². The van der Waals surface area contributed by atoms with Gasteiger partial charge in [0.15, 0.2) is 0 Å². The van der Waals surface area contributed by atoms with Crippen molar-refractivity contribution in [1.29, 1.82) is 0 Å². The molecule has 120 valence electrons. The fourth-order valence-electron chi connectivity index (χ4n) is 2.71. The van der Waals surface area contributed by atoms with E-state index in [2.05, 4.69) is 5.32 Å². The van der Waals surface area contributed by atoms with Crippen LogP contribution >= 0.6 is 0 Å². The fourth-order valence-corrected chi connectivity index (χ4v) is 2.71. The second-order valence-corrected chi connectivity index (χ2v) is 5.63. The van der Waals surface area contributed by atoms with Crippen LogP contribution in [-0.2, 0) is 9.53 Å². The van der Waals surface area contributed by atoms with E-state index in [1.54, 1.807) is 6.07 Å². The van der Waals surface area contributed by atoms with Crippen LogP contribution in [0.15, 0.2) is 18.2 Å². The van der Waals surface area contributed by atoms with E-state index in [1.807, 2.05) is 6.92 Å². The molecule has 0 aromatic heterocycles. The highest BCUT2D eigenvalue weighted by atomic mass is 16.5. The SMILES string of the molecule is Cc1ccc(C(=O)NCC(C(=O)O)C2CCOCC2)c(O)c1. The number of phenols is 1. The summed E-state index contributed by atoms with van der Waals surface area (Å²) in [5.74, 6) is -2.12. The van der Waals surface area contributed by atoms with E-state index < -0.39 is 17.8 Å². The number of hydrogen-bond donors (Lipinski definition) is 3. The molecule has 1 heterocycles. The van der Waals surface area contributed by atoms with Crippen molar-refractivity contribution in [3.05, 3.63) is 29.3 Å². The van der Waals surface area contributed by atoms with E-state index >= 15 is 0 Å². The largest absolute Gasteiger partial charge is 0.507 e. The topological polar surface area (TPSA) is 95.9 Å². The first-order chi connectivity index (χ1) is 10.5. The minimum absolute atomic E-state index is 0.00170. The summed E-state index contributed by atoms with van der Waals surface area (Å²) in [6.45, 7) is 2.97. The molecule has 6 nitrogen and oxygen atoms in total. The van der Waals surface area contributed by atoms with Gasteiger partial charge in [0.25, 0.3) is 5.91 Å². The Bertz CT molecular complexity index is 551. The molecule has 1 fully saturated rings. The standard InChI is InChI=1S/C16H21NO5/c1-10-2-3-12(14(18)8-10)15(19)17-9-13(16(20)21)11-4-6-22-7-5-11/h2-3,8,11,13,18H,4-7,9H2,1H3,(H,17,19)(H,20,21). The lowest BCUT2D eigenvalue weighted by molar-refractivity contribution is -0.144. The number of carbonyl (C=O) groups excluding carboxylic acids is 1. The molecule has 1 aliphatic rings. The van der Waals surface area contributed by atoms with Gasteiger partial charge >= 0.3 is 5.97 Å². The molecule has 1 amide bonds. The van der Waals surface area contributed by atoms with Gasteiger partial charge < -0.3 is 20.3 Å². The minimum Gasteiger partial charge on any atom is -0.507 e. The molecule has 1 aromatic rings. The maximum Gasteiger partial charge on any atom is 0.308 e. The molecule has 1 unspecified atom stereocenters. The van der Waals surface area contributed by atoms with Crippen LogP contribution in [0.4, 0.5) is 0 Å². The van der Waals surface area contributed by atoms with Gasteiger partial charge in [-0.25, -0.2) is 0 Å². The van der Waals surface area contributed by atoms with Crippen LogP contribution in [0.5, 0.6) is 5.75 Å². The van der Waals surface area contributed by atoms with Crippen molar-refractivity contribution in [1.82, 2.24) is 5.32 Å². The number of hydrogen-bond acceptors (Lipinski definition) is 4. The molecular weight excluding hydrogens is 286 g/mol. The first kappa shape index (κ1) is 16.3. The Morgan fingerprint density at radius 2 is 2.05 bits per heavy atom. The van der Waals surface area contributed by atoms with Gasteiger partial charge in [0, 0.05) is 19.8 Å². The number of amides is 1. The van der Waals surface area contributed by atoms with Crippen LogP contribution in [0.25, 0.3) is 0 Å². The Kier molecular flexibility index (Phi) is 5.38. The van der Waals surface area contributed by atoms with Crippen LogP contribution in [0.3, 0.4) is 0 Å². The summed E-state index contributed by atoms with van der Waals surface area (Å²) in [6, 6.07) is 4.76. The maximum atomic E-state index is 12.1. The molecule has 0 saturated carbocycles. The van der Waals surface area contributed by atoms with Gasteiger partial charge in [-0.15, -0.1) is 0 Å². The third kappa shape index (κ3) is 3.98. The molecule has 3 N–H and O–H groups in total. The molecule has 0 spiro atoms. The molecule has 1 atom stereocenters. The molecule has 22 heavy (non-hydrogen) atoms. The molecule has 0 radical (unpaired) electrons. The third-order valence-electron chi connectivity index (χ3n) is 4.03. The van der Waals surface area contributed by atoms with Gasteiger partial charge in [-0.3, -0.25) is 9.59 Å². The highest BCUT2D eigenvalue weighted by molar-refractivity contribution is 5.97. The van der Waals surface area contributed by atoms with Crippen LogP contribution in [0.1, 0.15) is 28.8 Å². The molecule has 0 aliphatic carbocycles. The van der Waals surface area contributed by atoms with Crippen molar-refractivity contribution in [2.45, 2.75) is 19.8 Å². The molecular formula is C16H21NO5. The number of nitrogens with one attached hydrogen (secondary N) is 1. The number of aliphatic carboxylic acids is 1. The second kappa shape index (κ2) is 7.26. The average molecular weight is 307 g/mol. The zero-order valence-corrected chi connectivity index (χ0v) is 12.5. The summed E-state index contributed by atoms with van der Waals surface area (Å²) >= 11 is 0. The van der Waals surface area contributed by atoms with E-state index in [9.17, 15) is 19.8 Å². The summed E-state index contributed by atoms with van der Waals surface area (Å²) in [5.41, 5.74) is 1.00. The number of phenolic OH excluding ortho intramolecular Hbond substituents is 1. The maximum absolute atomic E-state index is 12.1. The third-order valence-corrected chi connectivity index (χ3v) is 4.03. The molecule has 0 bridgehead atoms. The van der Waals surface area contributed by atoms with E-state index in [4.69, 9.17) is 4.74 Å². The first-order valence-corrected chi connectivity index (χ1v) is 7.37. The lowest BCUT2D eigenvalue weighted by Gasteiger charge is -2.27. The van der Waals surface area contributed by atoms with Crippen molar-refractivity contribution in [2.75, 3.05) is 19.8 Å². The number of carbonyl (C=O) groups is 2. The Morgan fingerprint density at radius 1 is 1.36 bits per heavy atom. The average Bonchev–Trinajstić information content (AvgIpc) is 2.48. The number of carboxylic acid groups (broad SMARTS) is 1. The summed E-state index contributed by atoms with van der Waals surface area (Å²) < 4.78 is 5.24. The number of carboxylic acids is 1. The molecule has 1 aliphatic heterocycles. The van der Waals surface area contributed by atoms with Gasteiger partial charge in [0.05, 0.1) is 11.5 Å². The van der Waals surface area contributed by atoms with E-state index in [0.29, 0.717) is 26.1 Å². The quantitative estimate of drug-likeness (QED) is 0.767. The van der Waals surface area contributed by atoms with Gasteiger partial charge in [0.2, 0.25) is 0 Å². The van der Waals surface area contributed by atoms with Crippen LogP contribution in [-0.4, -0.2) is 41.8 Å². The highest BCUT2D eigenvalue weighted by Crippen LogP contribution is 2.24. The van der Waals surface area contributed by atoms with Gasteiger partial charge in [-0.1, -0.05) is 6.07 Å². The van der Waals surface area contributed by atoms with Crippen LogP contribution in [0.2, 0.25) is 0 Å². The number of rotatable bonds is 5. The van der Waals surface area contributed by atoms with Crippen molar-refractivity contribution < 1.29 is 24.5 Å². The second-order valence-electron chi connectivity index (χ2n) is 5.63. The predicted octanol–water partition coefficient (Wildman–Crippen LogP) is 1.56. The highest BCUT2D eigenvalue weighted by Gasteiger charge is 2.30. The first-order valence-electron chi connectivity index (χ1n) is 7.37. The Morgan fingerprint density at radius 3 is 2.64 bits per heavy atom. The van der Waals surface area contributed by atoms with E-state index in [-0.39, 0.29) is 23.8 Å². The van der Waals surface area contributed by atoms with E-state index in [1.165, 1.54) is 12.1 Å². The van der Waals surface area contributed by atoms with Crippen LogP contribution < -0.4 is 5.32 Å². The summed E-state index contributed by atoms with van der Waals surface area (Å²) in [5, 5.41) is 21.8. The van der Waals surface area contributed by atoms with E-state index in [0.717, 1.165) is 5.56 Å². The van der Waals surface area contributed by atoms with Gasteiger partial charge in [0.1, 0.15) is 5.75 Å². The fraction of sp³-hybridized carbons (Fsp3) is 0.500. The minimum atomic E-state index is -0.916. The smallest absolute Gasteiger partial charge is 0.308 e. The Labute approximate surface area is 129 Å². The molecule has 1 saturated heterocycles. The number of benzene rings is 1.